The maximum absolute atomic E-state index is 12.0. The first-order valence-corrected chi connectivity index (χ1v) is 24.8. The summed E-state index contributed by atoms with van der Waals surface area (Å²) in [6, 6.07) is 4.87. The van der Waals surface area contributed by atoms with Crippen molar-refractivity contribution in [2.75, 3.05) is 0 Å². The van der Waals surface area contributed by atoms with Gasteiger partial charge in [0.1, 0.15) is 0 Å². The van der Waals surface area contributed by atoms with Crippen molar-refractivity contribution in [3.05, 3.63) is 56.6 Å². The normalized spacial score (nSPS) is 18.0. The Bertz CT molecular complexity index is 1910. The van der Waals surface area contributed by atoms with E-state index in [-0.39, 0.29) is 0 Å². The third kappa shape index (κ3) is 11.9. The summed E-state index contributed by atoms with van der Waals surface area (Å²) in [4.78, 5) is 47.4. The first-order valence-electron chi connectivity index (χ1n) is 24.8. The molecule has 4 saturated carbocycles. The maximum Gasteiger partial charge on any atom is 0.309 e. The molecule has 4 fully saturated rings. The fourth-order valence-corrected chi connectivity index (χ4v) is 10.5. The van der Waals surface area contributed by atoms with Gasteiger partial charge in [0.25, 0.3) is 0 Å². The van der Waals surface area contributed by atoms with Gasteiger partial charge in [-0.25, -0.2) is 0 Å². The Kier molecular flexibility index (Phi) is 17.0. The summed E-state index contributed by atoms with van der Waals surface area (Å²) in [6.45, 7) is 13.1. The lowest BCUT2D eigenvalue weighted by molar-refractivity contribution is -0.144. The third-order valence-electron chi connectivity index (χ3n) is 16.0. The van der Waals surface area contributed by atoms with Crippen LogP contribution in [0.25, 0.3) is 11.1 Å². The number of carboxylic acid groups (broad SMARTS) is 4. The molecule has 4 N–H and O–H groups in total. The summed E-state index contributed by atoms with van der Waals surface area (Å²) in [5.74, 6) is -2.56. The van der Waals surface area contributed by atoms with Crippen molar-refractivity contribution in [2.45, 2.75) is 221 Å². The summed E-state index contributed by atoms with van der Waals surface area (Å²) in [6.07, 6.45) is 25.0. The average molecular weight is 857 g/mol. The molecule has 0 spiro atoms. The molecule has 4 aliphatic carbocycles. The number of hydrogen-bond donors (Lipinski definition) is 4. The van der Waals surface area contributed by atoms with Crippen LogP contribution in [0.2, 0.25) is 0 Å². The molecule has 0 radical (unpaired) electrons. The van der Waals surface area contributed by atoms with Crippen molar-refractivity contribution < 1.29 is 39.6 Å². The number of carboxylic acids is 4. The van der Waals surface area contributed by atoms with Crippen molar-refractivity contribution >= 4 is 23.9 Å². The average Bonchev–Trinajstić information content (AvgIpc) is 4.04. The van der Waals surface area contributed by atoms with Crippen LogP contribution < -0.4 is 0 Å². The first kappa shape index (κ1) is 49.3. The monoisotopic (exact) mass is 857 g/mol. The van der Waals surface area contributed by atoms with Crippen molar-refractivity contribution in [1.29, 1.82) is 0 Å². The number of benzene rings is 2. The molecular formula is C54H80O8. The zero-order chi connectivity index (χ0) is 45.3. The Morgan fingerprint density at radius 2 is 0.758 bits per heavy atom. The van der Waals surface area contributed by atoms with Crippen LogP contribution in [-0.2, 0) is 44.9 Å². The highest BCUT2D eigenvalue weighted by atomic mass is 16.4. The maximum atomic E-state index is 12.0. The van der Waals surface area contributed by atoms with Crippen LogP contribution in [0.3, 0.4) is 0 Å². The predicted molar refractivity (Wildman–Crippen MR) is 248 cm³/mol. The van der Waals surface area contributed by atoms with Crippen LogP contribution in [0.5, 0.6) is 0 Å². The van der Waals surface area contributed by atoms with Crippen LogP contribution in [0.15, 0.2) is 12.1 Å². The third-order valence-corrected chi connectivity index (χ3v) is 16.0. The van der Waals surface area contributed by atoms with Crippen LogP contribution in [-0.4, -0.2) is 44.3 Å². The van der Waals surface area contributed by atoms with Crippen LogP contribution in [0.1, 0.15) is 212 Å². The second kappa shape index (κ2) is 21.3. The van der Waals surface area contributed by atoms with Gasteiger partial charge in [0.15, 0.2) is 0 Å². The van der Waals surface area contributed by atoms with E-state index in [0.29, 0.717) is 0 Å². The topological polar surface area (TPSA) is 149 Å². The number of hydrogen-bond acceptors (Lipinski definition) is 4. The number of rotatable bonds is 29. The predicted octanol–water partition coefficient (Wildman–Crippen LogP) is 13.5. The van der Waals surface area contributed by atoms with Crippen LogP contribution in [0, 0.1) is 49.4 Å². The van der Waals surface area contributed by atoms with Gasteiger partial charge >= 0.3 is 23.9 Å². The minimum atomic E-state index is -0.648. The molecule has 0 aliphatic heterocycles. The molecule has 62 heavy (non-hydrogen) atoms. The van der Waals surface area contributed by atoms with Gasteiger partial charge in [-0.05, 0) is 212 Å². The van der Waals surface area contributed by atoms with Crippen molar-refractivity contribution in [2.24, 2.45) is 21.7 Å². The second-order valence-corrected chi connectivity index (χ2v) is 20.2. The molecule has 344 valence electrons. The van der Waals surface area contributed by atoms with E-state index in [1.54, 1.807) is 0 Å². The van der Waals surface area contributed by atoms with Gasteiger partial charge in [0.05, 0.1) is 21.7 Å². The molecule has 2 aromatic rings. The summed E-state index contributed by atoms with van der Waals surface area (Å²) >= 11 is 0. The van der Waals surface area contributed by atoms with Gasteiger partial charge < -0.3 is 20.4 Å². The summed E-state index contributed by atoms with van der Waals surface area (Å²) in [5, 5.41) is 39.0. The zero-order valence-corrected chi connectivity index (χ0v) is 39.4. The van der Waals surface area contributed by atoms with E-state index in [1.807, 2.05) is 13.8 Å². The van der Waals surface area contributed by atoms with E-state index >= 15 is 0 Å². The minimum Gasteiger partial charge on any atom is -0.481 e. The van der Waals surface area contributed by atoms with E-state index in [2.05, 4.69) is 39.8 Å². The van der Waals surface area contributed by atoms with E-state index in [9.17, 15) is 39.6 Å². The van der Waals surface area contributed by atoms with E-state index in [1.165, 1.54) is 55.6 Å². The minimum absolute atomic E-state index is 0.461. The van der Waals surface area contributed by atoms with Gasteiger partial charge in [-0.2, -0.15) is 0 Å². The molecule has 0 atom stereocenters. The molecular weight excluding hydrogens is 777 g/mol. The lowest BCUT2D eigenvalue weighted by atomic mass is 9.79. The lowest BCUT2D eigenvalue weighted by Crippen LogP contribution is -2.14. The second-order valence-electron chi connectivity index (χ2n) is 20.2. The molecule has 4 aliphatic rings. The molecule has 6 rings (SSSR count). The van der Waals surface area contributed by atoms with Crippen LogP contribution >= 0.6 is 0 Å². The van der Waals surface area contributed by atoms with E-state index < -0.39 is 45.5 Å². The van der Waals surface area contributed by atoms with E-state index in [0.717, 1.165) is 180 Å². The van der Waals surface area contributed by atoms with Crippen molar-refractivity contribution in [1.82, 2.24) is 0 Å². The highest BCUT2D eigenvalue weighted by molar-refractivity contribution is 5.80. The number of carbonyl (C=O) groups is 4. The van der Waals surface area contributed by atoms with Gasteiger partial charge in [-0.1, -0.05) is 77.3 Å². The smallest absolute Gasteiger partial charge is 0.309 e. The molecule has 0 bridgehead atoms. The Labute approximate surface area is 373 Å². The van der Waals surface area contributed by atoms with Crippen LogP contribution in [0.4, 0.5) is 0 Å². The zero-order valence-electron chi connectivity index (χ0n) is 39.4. The SMILES string of the molecule is CC.Cc1cc(CCCCCCC2(C(=O)O)CC2)c(-c2cc(CCCCC3(C(=O)O)CC3)c(C)c(CCCCCCC3(C(=O)O)CC3)c2C)c(CCCCC2(C(=O)O)CC2)c1C. The number of aliphatic carboxylic acids is 4. The Morgan fingerprint density at radius 1 is 0.419 bits per heavy atom. The molecule has 0 aromatic heterocycles. The summed E-state index contributed by atoms with van der Waals surface area (Å²) < 4.78 is 0. The highest BCUT2D eigenvalue weighted by Gasteiger charge is 2.51. The quantitative estimate of drug-likeness (QED) is 0.0591. The first-order chi connectivity index (χ1) is 29.6. The van der Waals surface area contributed by atoms with Gasteiger partial charge in [-0.3, -0.25) is 19.2 Å². The Hall–Kier alpha value is -3.68. The standard InChI is InChI=1S/C52H74O8.C2H6/c1-35-33-40(18-9-5-7-13-21-49(25-26-49)45(53)54)44(42(36(35)2)20-12-16-24-52(31-32-52)48(59)60)43-34-39(17-11-15-23-51(29-30-51)47(57)58)37(3)41(38(43)4)19-10-6-8-14-22-50(27-28-50)46(55)56;1-2/h33-34H,5-32H2,1-4H3,(H,53,54)(H,55,56)(H,57,58)(H,59,60);1-2H3. The molecule has 0 unspecified atom stereocenters. The van der Waals surface area contributed by atoms with E-state index in [4.69, 9.17) is 0 Å². The molecule has 0 heterocycles. The molecule has 0 saturated heterocycles. The van der Waals surface area contributed by atoms with Gasteiger partial charge in [-0.15, -0.1) is 0 Å². The molecule has 8 nitrogen and oxygen atoms in total. The summed E-state index contributed by atoms with van der Waals surface area (Å²) in [7, 11) is 0. The summed E-state index contributed by atoms with van der Waals surface area (Å²) in [5.41, 5.74) is 11.5. The Balaban J connectivity index is 0.00000358. The lowest BCUT2D eigenvalue weighted by Gasteiger charge is -2.25. The fourth-order valence-electron chi connectivity index (χ4n) is 10.5. The number of unbranched alkanes of at least 4 members (excludes halogenated alkanes) is 8. The molecule has 2 aromatic carbocycles. The Morgan fingerprint density at radius 3 is 1.18 bits per heavy atom. The van der Waals surface area contributed by atoms with Crippen molar-refractivity contribution in [3.8, 4) is 11.1 Å². The highest BCUT2D eigenvalue weighted by Crippen LogP contribution is 2.53. The largest absolute Gasteiger partial charge is 0.481 e. The van der Waals surface area contributed by atoms with Crippen molar-refractivity contribution in [3.63, 3.8) is 0 Å². The fraction of sp³-hybridized carbons (Fsp3) is 0.704. The number of aryl methyl sites for hydroxylation is 3. The molecule has 8 heteroatoms. The van der Waals surface area contributed by atoms with Gasteiger partial charge in [0, 0.05) is 0 Å². The molecule has 0 amide bonds. The van der Waals surface area contributed by atoms with Gasteiger partial charge in [0.2, 0.25) is 0 Å².